The summed E-state index contributed by atoms with van der Waals surface area (Å²) >= 11 is 12.1. The maximum Gasteiger partial charge on any atom is 0.271 e. The molecule has 0 spiro atoms. The summed E-state index contributed by atoms with van der Waals surface area (Å²) in [5, 5.41) is 7.27. The highest BCUT2D eigenvalue weighted by atomic mass is 35.5. The Morgan fingerprint density at radius 1 is 1.00 bits per heavy atom. The predicted octanol–water partition coefficient (Wildman–Crippen LogP) is 5.16. The average Bonchev–Trinajstić information content (AvgIpc) is 2.74. The number of nitrogens with zero attached hydrogens (tertiary/aromatic N) is 1. The molecule has 31 heavy (non-hydrogen) atoms. The third-order valence-electron chi connectivity index (χ3n) is 4.10. The quantitative estimate of drug-likeness (QED) is 0.394. The van der Waals surface area contributed by atoms with Crippen LogP contribution in [0.1, 0.15) is 26.3 Å². The lowest BCUT2D eigenvalue weighted by molar-refractivity contribution is 0.0953. The maximum absolute atomic E-state index is 13.0. The van der Waals surface area contributed by atoms with Gasteiger partial charge in [0.1, 0.15) is 11.6 Å². The molecule has 3 aromatic carbocycles. The average molecular weight is 460 g/mol. The molecule has 0 aliphatic carbocycles. The van der Waals surface area contributed by atoms with Crippen LogP contribution >= 0.6 is 23.2 Å². The number of methoxy groups -OCH3 is 1. The molecule has 0 fully saturated rings. The van der Waals surface area contributed by atoms with Crippen LogP contribution in [0.5, 0.6) is 5.75 Å². The normalized spacial score (nSPS) is 10.7. The summed E-state index contributed by atoms with van der Waals surface area (Å²) in [6.45, 7) is 0. The van der Waals surface area contributed by atoms with Gasteiger partial charge >= 0.3 is 0 Å². The van der Waals surface area contributed by atoms with Crippen molar-refractivity contribution in [3.8, 4) is 5.75 Å². The van der Waals surface area contributed by atoms with E-state index < -0.39 is 17.6 Å². The second-order valence-corrected chi connectivity index (χ2v) is 7.09. The summed E-state index contributed by atoms with van der Waals surface area (Å²) < 4.78 is 18.2. The van der Waals surface area contributed by atoms with Gasteiger partial charge in [-0.2, -0.15) is 5.10 Å². The fourth-order valence-corrected chi connectivity index (χ4v) is 3.25. The van der Waals surface area contributed by atoms with Gasteiger partial charge in [0.2, 0.25) is 0 Å². The smallest absolute Gasteiger partial charge is 0.271 e. The number of benzene rings is 3. The van der Waals surface area contributed by atoms with Crippen LogP contribution in [0, 0.1) is 5.82 Å². The zero-order valence-corrected chi connectivity index (χ0v) is 17.7. The number of anilines is 1. The number of hydrogen-bond donors (Lipinski definition) is 2. The molecule has 0 saturated carbocycles. The van der Waals surface area contributed by atoms with Crippen molar-refractivity contribution in [1.29, 1.82) is 0 Å². The van der Waals surface area contributed by atoms with Crippen molar-refractivity contribution in [1.82, 2.24) is 5.43 Å². The van der Waals surface area contributed by atoms with Crippen molar-refractivity contribution in [2.45, 2.75) is 0 Å². The Hall–Kier alpha value is -3.42. The molecule has 0 bridgehead atoms. The summed E-state index contributed by atoms with van der Waals surface area (Å²) in [6.07, 6.45) is 1.36. The van der Waals surface area contributed by atoms with Crippen molar-refractivity contribution in [3.05, 3.63) is 93.2 Å². The first-order valence-corrected chi connectivity index (χ1v) is 9.66. The number of hydrogen-bond acceptors (Lipinski definition) is 4. The van der Waals surface area contributed by atoms with Crippen LogP contribution in [0.2, 0.25) is 10.0 Å². The van der Waals surface area contributed by atoms with E-state index in [1.165, 1.54) is 49.7 Å². The standard InChI is InChI=1S/C22H16Cl2FN3O3/c1-31-20-15(9-16(23)11-19(20)24)12-26-28-22(30)14-3-2-4-18(10-14)27-21(29)13-5-7-17(25)8-6-13/h2-12H,1H3,(H,27,29)(H,28,30)/b26-12+. The Morgan fingerprint density at radius 3 is 2.45 bits per heavy atom. The molecule has 0 atom stereocenters. The van der Waals surface area contributed by atoms with Crippen molar-refractivity contribution in [3.63, 3.8) is 0 Å². The van der Waals surface area contributed by atoms with E-state index in [1.54, 1.807) is 24.3 Å². The molecule has 0 heterocycles. The van der Waals surface area contributed by atoms with E-state index in [1.807, 2.05) is 0 Å². The van der Waals surface area contributed by atoms with Gasteiger partial charge < -0.3 is 10.1 Å². The molecule has 3 rings (SSSR count). The van der Waals surface area contributed by atoms with Crippen molar-refractivity contribution in [2.24, 2.45) is 5.10 Å². The van der Waals surface area contributed by atoms with Gasteiger partial charge in [-0.15, -0.1) is 0 Å². The van der Waals surface area contributed by atoms with Gasteiger partial charge in [-0.25, -0.2) is 9.82 Å². The van der Waals surface area contributed by atoms with E-state index in [2.05, 4.69) is 15.8 Å². The molecule has 3 aromatic rings. The number of amides is 2. The zero-order valence-electron chi connectivity index (χ0n) is 16.2. The van der Waals surface area contributed by atoms with Crippen LogP contribution < -0.4 is 15.5 Å². The van der Waals surface area contributed by atoms with E-state index in [4.69, 9.17) is 27.9 Å². The van der Waals surface area contributed by atoms with Crippen LogP contribution in [-0.4, -0.2) is 25.1 Å². The molecule has 6 nitrogen and oxygen atoms in total. The van der Waals surface area contributed by atoms with Crippen LogP contribution in [0.25, 0.3) is 0 Å². The topological polar surface area (TPSA) is 79.8 Å². The molecular formula is C22H16Cl2FN3O3. The summed E-state index contributed by atoms with van der Waals surface area (Å²) in [4.78, 5) is 24.7. The molecule has 0 radical (unpaired) electrons. The summed E-state index contributed by atoms with van der Waals surface area (Å²) in [7, 11) is 1.46. The maximum atomic E-state index is 13.0. The monoisotopic (exact) mass is 459 g/mol. The Morgan fingerprint density at radius 2 is 1.74 bits per heavy atom. The highest BCUT2D eigenvalue weighted by Gasteiger charge is 2.11. The van der Waals surface area contributed by atoms with Gasteiger partial charge in [0, 0.05) is 27.4 Å². The number of halogens is 3. The van der Waals surface area contributed by atoms with E-state index in [0.717, 1.165) is 0 Å². The lowest BCUT2D eigenvalue weighted by Gasteiger charge is -2.08. The minimum atomic E-state index is -0.499. The van der Waals surface area contributed by atoms with E-state index in [-0.39, 0.29) is 11.1 Å². The first kappa shape index (κ1) is 22.3. The Bertz CT molecular complexity index is 1150. The van der Waals surface area contributed by atoms with Gasteiger partial charge in [0.25, 0.3) is 11.8 Å². The Balaban J connectivity index is 1.68. The number of ether oxygens (including phenoxy) is 1. The molecule has 0 aliphatic heterocycles. The number of nitrogens with one attached hydrogen (secondary N) is 2. The third-order valence-corrected chi connectivity index (χ3v) is 4.60. The van der Waals surface area contributed by atoms with Gasteiger partial charge in [0.15, 0.2) is 0 Å². The van der Waals surface area contributed by atoms with Crippen molar-refractivity contribution in [2.75, 3.05) is 12.4 Å². The second kappa shape index (κ2) is 10.1. The van der Waals surface area contributed by atoms with Crippen molar-refractivity contribution >= 4 is 46.9 Å². The first-order chi connectivity index (χ1) is 14.9. The van der Waals surface area contributed by atoms with Crippen LogP contribution in [-0.2, 0) is 0 Å². The van der Waals surface area contributed by atoms with Crippen LogP contribution in [0.15, 0.2) is 65.8 Å². The molecule has 9 heteroatoms. The fraction of sp³-hybridized carbons (Fsp3) is 0.0455. The summed E-state index contributed by atoms with van der Waals surface area (Å²) in [5.74, 6) is -0.996. The third kappa shape index (κ3) is 5.81. The van der Waals surface area contributed by atoms with Gasteiger partial charge in [-0.05, 0) is 54.6 Å². The second-order valence-electron chi connectivity index (χ2n) is 6.25. The molecule has 0 unspecified atom stereocenters. The van der Waals surface area contributed by atoms with Gasteiger partial charge in [0.05, 0.1) is 18.3 Å². The first-order valence-electron chi connectivity index (χ1n) is 8.91. The van der Waals surface area contributed by atoms with Crippen molar-refractivity contribution < 1.29 is 18.7 Å². The lowest BCUT2D eigenvalue weighted by Crippen LogP contribution is -2.18. The fourth-order valence-electron chi connectivity index (χ4n) is 2.66. The highest BCUT2D eigenvalue weighted by Crippen LogP contribution is 2.31. The Kier molecular flexibility index (Phi) is 7.23. The SMILES string of the molecule is COc1c(Cl)cc(Cl)cc1/C=N/NC(=O)c1cccc(NC(=O)c2ccc(F)cc2)c1. The largest absolute Gasteiger partial charge is 0.495 e. The van der Waals surface area contributed by atoms with E-state index in [0.29, 0.717) is 27.0 Å². The van der Waals surface area contributed by atoms with Gasteiger partial charge in [-0.3, -0.25) is 9.59 Å². The number of hydrazone groups is 1. The zero-order chi connectivity index (χ0) is 22.4. The van der Waals surface area contributed by atoms with Crippen LogP contribution in [0.4, 0.5) is 10.1 Å². The molecule has 2 N–H and O–H groups in total. The minimum absolute atomic E-state index is 0.269. The van der Waals surface area contributed by atoms with E-state index in [9.17, 15) is 14.0 Å². The molecule has 0 aromatic heterocycles. The summed E-state index contributed by atoms with van der Waals surface area (Å²) in [6, 6.07) is 14.5. The molecule has 0 aliphatic rings. The highest BCUT2D eigenvalue weighted by molar-refractivity contribution is 6.36. The van der Waals surface area contributed by atoms with E-state index >= 15 is 0 Å². The number of rotatable bonds is 6. The summed E-state index contributed by atoms with van der Waals surface area (Å²) in [5.41, 5.74) is 3.83. The van der Waals surface area contributed by atoms with Crippen LogP contribution in [0.3, 0.4) is 0 Å². The number of carbonyl (C=O) groups is 2. The van der Waals surface area contributed by atoms with Gasteiger partial charge in [-0.1, -0.05) is 29.3 Å². The lowest BCUT2D eigenvalue weighted by atomic mass is 10.1. The predicted molar refractivity (Wildman–Crippen MR) is 119 cm³/mol. The molecule has 158 valence electrons. The number of carbonyl (C=O) groups excluding carboxylic acids is 2. The molecular weight excluding hydrogens is 444 g/mol. The minimum Gasteiger partial charge on any atom is -0.495 e. The molecule has 0 saturated heterocycles. The molecule has 2 amide bonds. The Labute approximate surface area is 187 Å².